The van der Waals surface area contributed by atoms with Crippen molar-refractivity contribution in [2.45, 2.75) is 78.4 Å². The van der Waals surface area contributed by atoms with Gasteiger partial charge >= 0.3 is 0 Å². The number of nitrogens with one attached hydrogen (secondary N) is 1. The lowest BCUT2D eigenvalue weighted by Gasteiger charge is -2.39. The lowest BCUT2D eigenvalue weighted by atomic mass is 9.86. The Kier molecular flexibility index (Phi) is 8.15. The first-order valence-corrected chi connectivity index (χ1v) is 13.3. The maximum atomic E-state index is 13.6. The van der Waals surface area contributed by atoms with Crippen LogP contribution in [0.5, 0.6) is 5.75 Å². The maximum Gasteiger partial charge on any atom is 0.260 e. The molecule has 2 amide bonds. The Balaban J connectivity index is 1.60. The number of carbonyl (C=O) groups is 2. The van der Waals surface area contributed by atoms with Crippen LogP contribution in [0.1, 0.15) is 81.2 Å². The summed E-state index contributed by atoms with van der Waals surface area (Å²) >= 11 is 0. The van der Waals surface area contributed by atoms with Gasteiger partial charge in [0.2, 0.25) is 5.91 Å². The van der Waals surface area contributed by atoms with Crippen LogP contribution in [0.2, 0.25) is 0 Å². The highest BCUT2D eigenvalue weighted by molar-refractivity contribution is 5.81. The first-order chi connectivity index (χ1) is 16.8. The van der Waals surface area contributed by atoms with Crippen LogP contribution < -0.4 is 10.1 Å². The molecule has 2 aromatic carbocycles. The Hall–Kier alpha value is -2.82. The number of rotatable bonds is 8. The number of ether oxygens (including phenoxy) is 1. The van der Waals surface area contributed by atoms with Gasteiger partial charge in [0.1, 0.15) is 5.75 Å². The van der Waals surface area contributed by atoms with Crippen molar-refractivity contribution < 1.29 is 14.3 Å². The molecule has 35 heavy (non-hydrogen) atoms. The van der Waals surface area contributed by atoms with E-state index >= 15 is 0 Å². The number of benzene rings is 2. The smallest absolute Gasteiger partial charge is 0.260 e. The van der Waals surface area contributed by atoms with Gasteiger partial charge in [-0.3, -0.25) is 9.59 Å². The number of hydrogen-bond donors (Lipinski definition) is 1. The molecule has 2 aromatic rings. The molecule has 1 aliphatic heterocycles. The second-order valence-electron chi connectivity index (χ2n) is 10.7. The summed E-state index contributed by atoms with van der Waals surface area (Å²) in [5.74, 6) is 1.53. The third-order valence-electron chi connectivity index (χ3n) is 7.39. The third kappa shape index (κ3) is 6.06. The van der Waals surface area contributed by atoms with Crippen molar-refractivity contribution in [3.63, 3.8) is 0 Å². The van der Waals surface area contributed by atoms with E-state index in [9.17, 15) is 9.59 Å². The van der Waals surface area contributed by atoms with Crippen LogP contribution in [0.3, 0.4) is 0 Å². The zero-order valence-electron chi connectivity index (χ0n) is 21.7. The number of amides is 2. The highest BCUT2D eigenvalue weighted by atomic mass is 16.5. The Morgan fingerprint density at radius 3 is 2.57 bits per heavy atom. The van der Waals surface area contributed by atoms with Crippen LogP contribution in [0, 0.1) is 18.8 Å². The third-order valence-corrected chi connectivity index (χ3v) is 7.39. The van der Waals surface area contributed by atoms with E-state index in [-0.39, 0.29) is 23.8 Å². The fourth-order valence-corrected chi connectivity index (χ4v) is 5.40. The van der Waals surface area contributed by atoms with Gasteiger partial charge in [0.05, 0.1) is 6.04 Å². The van der Waals surface area contributed by atoms with Crippen molar-refractivity contribution in [3.8, 4) is 5.75 Å². The lowest BCUT2D eigenvalue weighted by molar-refractivity contribution is -0.137. The molecule has 0 aromatic heterocycles. The van der Waals surface area contributed by atoms with E-state index < -0.39 is 6.10 Å². The molecule has 5 nitrogen and oxygen atoms in total. The predicted molar refractivity (Wildman–Crippen MR) is 139 cm³/mol. The molecule has 1 aliphatic carbocycles. The van der Waals surface area contributed by atoms with Crippen LogP contribution in [0.15, 0.2) is 42.5 Å². The first-order valence-electron chi connectivity index (χ1n) is 13.3. The molecule has 0 unspecified atom stereocenters. The van der Waals surface area contributed by atoms with Crippen molar-refractivity contribution in [3.05, 3.63) is 64.7 Å². The fraction of sp³-hybridized carbons (Fsp3) is 0.533. The van der Waals surface area contributed by atoms with Crippen molar-refractivity contribution in [1.29, 1.82) is 0 Å². The average Bonchev–Trinajstić information content (AvgIpc) is 3.37. The zero-order chi connectivity index (χ0) is 24.9. The summed E-state index contributed by atoms with van der Waals surface area (Å²) in [4.78, 5) is 28.3. The molecule has 1 saturated carbocycles. The van der Waals surface area contributed by atoms with Gasteiger partial charge in [-0.1, -0.05) is 62.6 Å². The molecule has 0 radical (unpaired) electrons. The van der Waals surface area contributed by atoms with Crippen LogP contribution in [-0.2, 0) is 16.0 Å². The van der Waals surface area contributed by atoms with Crippen molar-refractivity contribution >= 4 is 11.8 Å². The minimum atomic E-state index is -0.586. The standard InChI is InChI=1S/C30H40N2O3/c1-20(2)14-16-31-29(33)22(4)35-26-13-12-23-15-17-32(30(34)24-9-5-6-10-24)28(27(23)19-26)25-11-7-8-21(3)18-25/h7-8,11-13,18-20,22,24,28H,5-6,9-10,14-17H2,1-4H3,(H,31,33)/t22-,28-/m0/s1. The first kappa shape index (κ1) is 25.3. The van der Waals surface area contributed by atoms with Gasteiger partial charge in [-0.2, -0.15) is 0 Å². The predicted octanol–water partition coefficient (Wildman–Crippen LogP) is 5.59. The number of hydrogen-bond acceptors (Lipinski definition) is 3. The molecular weight excluding hydrogens is 436 g/mol. The summed E-state index contributed by atoms with van der Waals surface area (Å²) in [5.41, 5.74) is 4.67. The number of aryl methyl sites for hydroxylation is 1. The van der Waals surface area contributed by atoms with Crippen LogP contribution in [-0.4, -0.2) is 35.9 Å². The van der Waals surface area contributed by atoms with Crippen molar-refractivity contribution in [1.82, 2.24) is 10.2 Å². The average molecular weight is 477 g/mol. The normalized spacial score (nSPS) is 18.9. The number of nitrogens with zero attached hydrogens (tertiary/aromatic N) is 1. The van der Waals surface area contributed by atoms with Crippen LogP contribution in [0.25, 0.3) is 0 Å². The minimum Gasteiger partial charge on any atom is -0.481 e. The van der Waals surface area contributed by atoms with Gasteiger partial charge in [0.25, 0.3) is 5.91 Å². The summed E-state index contributed by atoms with van der Waals surface area (Å²) in [6.07, 6.45) is 5.47. The van der Waals surface area contributed by atoms with Crippen molar-refractivity contribution in [2.24, 2.45) is 11.8 Å². The summed E-state index contributed by atoms with van der Waals surface area (Å²) < 4.78 is 6.09. The Bertz CT molecular complexity index is 1040. The lowest BCUT2D eigenvalue weighted by Crippen LogP contribution is -2.43. The number of fused-ring (bicyclic) bond motifs is 1. The van der Waals surface area contributed by atoms with Gasteiger partial charge in [0.15, 0.2) is 6.10 Å². The van der Waals surface area contributed by atoms with E-state index in [1.165, 1.54) is 11.1 Å². The zero-order valence-corrected chi connectivity index (χ0v) is 21.7. The van der Waals surface area contributed by atoms with E-state index in [1.54, 1.807) is 6.92 Å². The SMILES string of the molecule is Cc1cccc([C@H]2c3cc(O[C@@H](C)C(=O)NCCC(C)C)ccc3CCN2C(=O)C2CCCC2)c1. The van der Waals surface area contributed by atoms with E-state index in [1.807, 2.05) is 12.1 Å². The highest BCUT2D eigenvalue weighted by Gasteiger charge is 2.36. The molecule has 2 atom stereocenters. The molecule has 0 bridgehead atoms. The molecule has 0 spiro atoms. The Labute approximate surface area is 210 Å². The maximum absolute atomic E-state index is 13.6. The van der Waals surface area contributed by atoms with Gasteiger partial charge in [0, 0.05) is 19.0 Å². The molecule has 1 N–H and O–H groups in total. The minimum absolute atomic E-state index is 0.100. The van der Waals surface area contributed by atoms with E-state index in [0.717, 1.165) is 56.2 Å². The molecule has 5 heteroatoms. The van der Waals surface area contributed by atoms with Gasteiger partial charge in [-0.25, -0.2) is 0 Å². The quantitative estimate of drug-likeness (QED) is 0.540. The molecule has 0 saturated heterocycles. The molecule has 1 fully saturated rings. The van der Waals surface area contributed by atoms with Crippen LogP contribution >= 0.6 is 0 Å². The second-order valence-corrected chi connectivity index (χ2v) is 10.7. The summed E-state index contributed by atoms with van der Waals surface area (Å²) in [6.45, 7) is 9.56. The molecule has 188 valence electrons. The molecular formula is C30H40N2O3. The monoisotopic (exact) mass is 476 g/mol. The molecule has 1 heterocycles. The Morgan fingerprint density at radius 1 is 1.09 bits per heavy atom. The summed E-state index contributed by atoms with van der Waals surface area (Å²) in [6, 6.07) is 14.5. The van der Waals surface area contributed by atoms with Crippen LogP contribution in [0.4, 0.5) is 0 Å². The van der Waals surface area contributed by atoms with Gasteiger partial charge in [-0.05, 0) is 74.3 Å². The highest BCUT2D eigenvalue weighted by Crippen LogP contribution is 2.40. The summed E-state index contributed by atoms with van der Waals surface area (Å²) in [5, 5.41) is 2.97. The number of carbonyl (C=O) groups excluding carboxylic acids is 2. The topological polar surface area (TPSA) is 58.6 Å². The Morgan fingerprint density at radius 2 is 1.86 bits per heavy atom. The van der Waals surface area contributed by atoms with E-state index in [4.69, 9.17) is 4.74 Å². The van der Waals surface area contributed by atoms with Gasteiger partial charge < -0.3 is 15.0 Å². The summed E-state index contributed by atoms with van der Waals surface area (Å²) in [7, 11) is 0. The fourth-order valence-electron chi connectivity index (χ4n) is 5.40. The van der Waals surface area contributed by atoms with Gasteiger partial charge in [-0.15, -0.1) is 0 Å². The van der Waals surface area contributed by atoms with E-state index in [2.05, 4.69) is 61.3 Å². The van der Waals surface area contributed by atoms with Crippen molar-refractivity contribution in [2.75, 3.05) is 13.1 Å². The largest absolute Gasteiger partial charge is 0.481 e. The second kappa shape index (κ2) is 11.3. The molecule has 4 rings (SSSR count). The van der Waals surface area contributed by atoms with E-state index in [0.29, 0.717) is 18.2 Å². The molecule has 2 aliphatic rings.